The summed E-state index contributed by atoms with van der Waals surface area (Å²) >= 11 is 0. The van der Waals surface area contributed by atoms with E-state index < -0.39 is 0 Å². The molecule has 1 aliphatic heterocycles. The molecule has 70 valence electrons. The minimum absolute atomic E-state index is 0.737. The number of fused-ring (bicyclic) bond motifs is 1. The average Bonchev–Trinajstić information content (AvgIpc) is 2.88. The van der Waals surface area contributed by atoms with Gasteiger partial charge in [-0.15, -0.1) is 0 Å². The number of aromatic amines is 1. The maximum Gasteiger partial charge on any atom is 0.162 e. The van der Waals surface area contributed by atoms with E-state index >= 15 is 0 Å². The molecular weight excluding hydrogens is 178 g/mol. The summed E-state index contributed by atoms with van der Waals surface area (Å²) in [5.41, 5.74) is 3.22. The highest BCUT2D eigenvalue weighted by Gasteiger charge is 2.13. The highest BCUT2D eigenvalue weighted by molar-refractivity contribution is 5.52. The summed E-state index contributed by atoms with van der Waals surface area (Å²) < 4.78 is 0. The number of hydrogen-bond acceptors (Lipinski definition) is 4. The van der Waals surface area contributed by atoms with Crippen LogP contribution in [-0.2, 0) is 13.1 Å². The maximum absolute atomic E-state index is 4.46. The molecule has 0 saturated carbocycles. The molecule has 0 amide bonds. The molecule has 2 N–H and O–H groups in total. The Hall–Kier alpha value is -1.75. The lowest BCUT2D eigenvalue weighted by atomic mass is 10.2. The molecule has 14 heavy (non-hydrogen) atoms. The standard InChI is InChI=1S/C9H9N5/c1-6-2-11-9(7-3-12-13-4-7)14-8(6)5-10-1/h2-4,10H,1,5H2,(H,12,13). The fourth-order valence-corrected chi connectivity index (χ4v) is 1.57. The highest BCUT2D eigenvalue weighted by Crippen LogP contribution is 2.17. The third-order valence-corrected chi connectivity index (χ3v) is 2.32. The first-order valence-electron chi connectivity index (χ1n) is 4.48. The van der Waals surface area contributed by atoms with E-state index in [1.807, 2.05) is 6.20 Å². The minimum atomic E-state index is 0.737. The van der Waals surface area contributed by atoms with Crippen LogP contribution in [0.1, 0.15) is 11.3 Å². The molecule has 0 atom stereocenters. The summed E-state index contributed by atoms with van der Waals surface area (Å²) in [6, 6.07) is 0. The second kappa shape index (κ2) is 2.88. The number of aromatic nitrogens is 4. The first-order valence-corrected chi connectivity index (χ1v) is 4.48. The molecule has 0 saturated heterocycles. The maximum atomic E-state index is 4.46. The zero-order valence-electron chi connectivity index (χ0n) is 7.49. The van der Waals surface area contributed by atoms with Crippen LogP contribution in [0.15, 0.2) is 18.6 Å². The molecule has 2 aromatic heterocycles. The predicted molar refractivity (Wildman–Crippen MR) is 50.2 cm³/mol. The first-order chi connectivity index (χ1) is 6.93. The van der Waals surface area contributed by atoms with Gasteiger partial charge in [0.25, 0.3) is 0 Å². The molecule has 2 aromatic rings. The van der Waals surface area contributed by atoms with E-state index in [1.165, 1.54) is 5.56 Å². The summed E-state index contributed by atoms with van der Waals surface area (Å²) in [5, 5.41) is 9.86. The molecular formula is C9H9N5. The van der Waals surface area contributed by atoms with Crippen molar-refractivity contribution < 1.29 is 0 Å². The Kier molecular flexibility index (Phi) is 1.57. The Labute approximate surface area is 80.6 Å². The third kappa shape index (κ3) is 1.10. The van der Waals surface area contributed by atoms with E-state index in [-0.39, 0.29) is 0 Å². The molecule has 1 aliphatic rings. The van der Waals surface area contributed by atoms with Gasteiger partial charge < -0.3 is 5.32 Å². The Morgan fingerprint density at radius 3 is 3.07 bits per heavy atom. The van der Waals surface area contributed by atoms with Crippen molar-refractivity contribution >= 4 is 0 Å². The van der Waals surface area contributed by atoms with Crippen molar-refractivity contribution in [2.45, 2.75) is 13.1 Å². The van der Waals surface area contributed by atoms with Gasteiger partial charge in [0, 0.05) is 31.0 Å². The number of hydrogen-bond donors (Lipinski definition) is 2. The van der Waals surface area contributed by atoms with Crippen molar-refractivity contribution in [1.29, 1.82) is 0 Å². The zero-order chi connectivity index (χ0) is 9.38. The summed E-state index contributed by atoms with van der Waals surface area (Å²) in [7, 11) is 0. The summed E-state index contributed by atoms with van der Waals surface area (Å²) in [6.45, 7) is 1.71. The van der Waals surface area contributed by atoms with Crippen molar-refractivity contribution in [2.75, 3.05) is 0 Å². The van der Waals surface area contributed by atoms with Crippen LogP contribution < -0.4 is 5.32 Å². The zero-order valence-corrected chi connectivity index (χ0v) is 7.49. The van der Waals surface area contributed by atoms with Crippen LogP contribution in [0, 0.1) is 0 Å². The lowest BCUT2D eigenvalue weighted by Gasteiger charge is -1.98. The second-order valence-corrected chi connectivity index (χ2v) is 3.26. The smallest absolute Gasteiger partial charge is 0.162 e. The third-order valence-electron chi connectivity index (χ3n) is 2.32. The van der Waals surface area contributed by atoms with E-state index in [0.29, 0.717) is 0 Å². The molecule has 0 radical (unpaired) electrons. The average molecular weight is 187 g/mol. The van der Waals surface area contributed by atoms with Gasteiger partial charge >= 0.3 is 0 Å². The number of rotatable bonds is 1. The Balaban J connectivity index is 2.09. The van der Waals surface area contributed by atoms with Gasteiger partial charge in [-0.3, -0.25) is 5.10 Å². The molecule has 5 nitrogen and oxygen atoms in total. The quantitative estimate of drug-likeness (QED) is 0.681. The van der Waals surface area contributed by atoms with Crippen molar-refractivity contribution in [3.63, 3.8) is 0 Å². The van der Waals surface area contributed by atoms with Gasteiger partial charge in [0.15, 0.2) is 5.82 Å². The monoisotopic (exact) mass is 187 g/mol. The van der Waals surface area contributed by atoms with E-state index in [2.05, 4.69) is 25.5 Å². The van der Waals surface area contributed by atoms with Crippen molar-refractivity contribution in [3.05, 3.63) is 29.8 Å². The molecule has 0 unspecified atom stereocenters. The molecule has 0 bridgehead atoms. The van der Waals surface area contributed by atoms with Crippen molar-refractivity contribution in [2.24, 2.45) is 0 Å². The van der Waals surface area contributed by atoms with Crippen LogP contribution >= 0.6 is 0 Å². The first kappa shape index (κ1) is 7.64. The molecule has 5 heteroatoms. The largest absolute Gasteiger partial charge is 0.307 e. The van der Waals surface area contributed by atoms with Crippen LogP contribution in [0.3, 0.4) is 0 Å². The Bertz CT molecular complexity index is 448. The fourth-order valence-electron chi connectivity index (χ4n) is 1.57. The second-order valence-electron chi connectivity index (χ2n) is 3.26. The predicted octanol–water partition coefficient (Wildman–Crippen LogP) is 0.470. The topological polar surface area (TPSA) is 66.5 Å². The lowest BCUT2D eigenvalue weighted by Crippen LogP contribution is -2.00. The van der Waals surface area contributed by atoms with E-state index in [0.717, 1.165) is 30.2 Å². The van der Waals surface area contributed by atoms with Crippen molar-refractivity contribution in [3.8, 4) is 11.4 Å². The van der Waals surface area contributed by atoms with Crippen molar-refractivity contribution in [1.82, 2.24) is 25.5 Å². The van der Waals surface area contributed by atoms with Crippen LogP contribution in [0.4, 0.5) is 0 Å². The van der Waals surface area contributed by atoms with Gasteiger partial charge in [-0.25, -0.2) is 9.97 Å². The SMILES string of the molecule is c1n[nH]cc1-c1ncc2c(n1)CNC2. The van der Waals surface area contributed by atoms with Crippen LogP contribution in [0.2, 0.25) is 0 Å². The normalized spacial score (nSPS) is 14.3. The summed E-state index contributed by atoms with van der Waals surface area (Å²) in [5.74, 6) is 0.737. The van der Waals surface area contributed by atoms with Crippen LogP contribution in [0.25, 0.3) is 11.4 Å². The number of H-pyrrole nitrogens is 1. The Morgan fingerprint density at radius 2 is 2.21 bits per heavy atom. The number of nitrogens with one attached hydrogen (secondary N) is 2. The highest BCUT2D eigenvalue weighted by atomic mass is 15.1. The van der Waals surface area contributed by atoms with Crippen LogP contribution in [0.5, 0.6) is 0 Å². The van der Waals surface area contributed by atoms with E-state index in [9.17, 15) is 0 Å². The molecule has 0 aromatic carbocycles. The molecule has 0 spiro atoms. The van der Waals surface area contributed by atoms with Gasteiger partial charge in [0.05, 0.1) is 17.5 Å². The molecule has 0 aliphatic carbocycles. The van der Waals surface area contributed by atoms with E-state index in [1.54, 1.807) is 12.4 Å². The van der Waals surface area contributed by atoms with Gasteiger partial charge in [0.1, 0.15) is 0 Å². The fraction of sp³-hybridized carbons (Fsp3) is 0.222. The molecule has 3 rings (SSSR count). The van der Waals surface area contributed by atoms with Crippen LogP contribution in [-0.4, -0.2) is 20.2 Å². The Morgan fingerprint density at radius 1 is 1.21 bits per heavy atom. The van der Waals surface area contributed by atoms with Gasteiger partial charge in [-0.1, -0.05) is 0 Å². The molecule has 0 fully saturated rings. The van der Waals surface area contributed by atoms with Gasteiger partial charge in [0.2, 0.25) is 0 Å². The van der Waals surface area contributed by atoms with Gasteiger partial charge in [-0.2, -0.15) is 5.10 Å². The minimum Gasteiger partial charge on any atom is -0.307 e. The van der Waals surface area contributed by atoms with Gasteiger partial charge in [-0.05, 0) is 0 Å². The lowest BCUT2D eigenvalue weighted by molar-refractivity contribution is 0.758. The molecule has 3 heterocycles. The number of nitrogens with zero attached hydrogens (tertiary/aromatic N) is 3. The summed E-state index contributed by atoms with van der Waals surface area (Å²) in [4.78, 5) is 8.74. The summed E-state index contributed by atoms with van der Waals surface area (Å²) in [6.07, 6.45) is 5.40. The van der Waals surface area contributed by atoms with E-state index in [4.69, 9.17) is 0 Å².